The number of rotatable bonds is 2. The number of hydrogen-bond donors (Lipinski definition) is 0. The minimum absolute atomic E-state index is 0.627. The summed E-state index contributed by atoms with van der Waals surface area (Å²) in [6.07, 6.45) is 3.60. The minimum atomic E-state index is 0.627. The molecule has 0 saturated heterocycles. The standard InChI is InChI=1S/C18H18/c1-14-12-17(15-8-4-2-5-9-15)13-18(14)16-10-6-3-7-11-16/h2-12,14,18H,13H2,1H3/t14-,18-/m1/s1. The van der Waals surface area contributed by atoms with Crippen molar-refractivity contribution in [2.45, 2.75) is 19.3 Å². The van der Waals surface area contributed by atoms with Gasteiger partial charge in [0.25, 0.3) is 0 Å². The molecule has 1 aliphatic carbocycles. The van der Waals surface area contributed by atoms with E-state index in [-0.39, 0.29) is 0 Å². The fourth-order valence-corrected chi connectivity index (χ4v) is 2.91. The summed E-state index contributed by atoms with van der Waals surface area (Å²) in [5, 5.41) is 0. The van der Waals surface area contributed by atoms with Crippen molar-refractivity contribution in [3.63, 3.8) is 0 Å². The summed E-state index contributed by atoms with van der Waals surface area (Å²) in [5.74, 6) is 1.27. The second kappa shape index (κ2) is 4.81. The van der Waals surface area contributed by atoms with E-state index in [0.29, 0.717) is 11.8 Å². The third-order valence-electron chi connectivity index (χ3n) is 3.91. The van der Waals surface area contributed by atoms with Gasteiger partial charge in [0.1, 0.15) is 0 Å². The number of hydrogen-bond acceptors (Lipinski definition) is 0. The Morgan fingerprint density at radius 2 is 1.44 bits per heavy atom. The van der Waals surface area contributed by atoms with Crippen LogP contribution in [0.5, 0.6) is 0 Å². The minimum Gasteiger partial charge on any atom is -0.0772 e. The molecule has 0 unspecified atom stereocenters. The Morgan fingerprint density at radius 1 is 0.833 bits per heavy atom. The molecule has 0 aliphatic heterocycles. The molecule has 0 saturated carbocycles. The summed E-state index contributed by atoms with van der Waals surface area (Å²) in [6, 6.07) is 21.6. The molecule has 0 spiro atoms. The van der Waals surface area contributed by atoms with Crippen molar-refractivity contribution >= 4 is 5.57 Å². The lowest BCUT2D eigenvalue weighted by Gasteiger charge is -2.15. The summed E-state index contributed by atoms with van der Waals surface area (Å²) < 4.78 is 0. The van der Waals surface area contributed by atoms with Crippen LogP contribution in [0.4, 0.5) is 0 Å². The molecule has 0 amide bonds. The second-order valence-corrected chi connectivity index (χ2v) is 5.14. The van der Waals surface area contributed by atoms with Crippen LogP contribution in [0, 0.1) is 5.92 Å². The van der Waals surface area contributed by atoms with Crippen molar-refractivity contribution in [3.8, 4) is 0 Å². The molecule has 2 atom stereocenters. The van der Waals surface area contributed by atoms with Gasteiger partial charge >= 0.3 is 0 Å². The molecule has 3 rings (SSSR count). The maximum atomic E-state index is 2.44. The first-order valence-electron chi connectivity index (χ1n) is 6.65. The van der Waals surface area contributed by atoms with Crippen LogP contribution < -0.4 is 0 Å². The third kappa shape index (κ3) is 2.11. The first-order chi connectivity index (χ1) is 8.84. The van der Waals surface area contributed by atoms with Crippen LogP contribution in [0.15, 0.2) is 66.7 Å². The predicted octanol–water partition coefficient (Wildman–Crippen LogP) is 4.89. The van der Waals surface area contributed by atoms with Crippen LogP contribution in [0.25, 0.3) is 5.57 Å². The van der Waals surface area contributed by atoms with E-state index in [2.05, 4.69) is 73.7 Å². The van der Waals surface area contributed by atoms with Gasteiger partial charge < -0.3 is 0 Å². The Kier molecular flexibility index (Phi) is 3.02. The van der Waals surface area contributed by atoms with Crippen molar-refractivity contribution in [2.24, 2.45) is 5.92 Å². The van der Waals surface area contributed by atoms with Gasteiger partial charge in [0, 0.05) is 0 Å². The van der Waals surface area contributed by atoms with Gasteiger partial charge in [-0.05, 0) is 35.0 Å². The molecule has 0 N–H and O–H groups in total. The molecule has 0 bridgehead atoms. The molecular weight excluding hydrogens is 216 g/mol. The maximum Gasteiger partial charge on any atom is -0.00609 e. The SMILES string of the molecule is C[C@@H]1C=C(c2ccccc2)C[C@H]1c1ccccc1. The largest absolute Gasteiger partial charge is 0.0772 e. The average molecular weight is 234 g/mol. The van der Waals surface area contributed by atoms with Crippen LogP contribution in [-0.4, -0.2) is 0 Å². The zero-order valence-corrected chi connectivity index (χ0v) is 10.7. The van der Waals surface area contributed by atoms with Gasteiger partial charge in [0.05, 0.1) is 0 Å². The molecule has 0 radical (unpaired) electrons. The topological polar surface area (TPSA) is 0 Å². The lowest BCUT2D eigenvalue weighted by Crippen LogP contribution is -2.01. The fourth-order valence-electron chi connectivity index (χ4n) is 2.91. The highest BCUT2D eigenvalue weighted by molar-refractivity contribution is 5.69. The third-order valence-corrected chi connectivity index (χ3v) is 3.91. The van der Waals surface area contributed by atoms with Gasteiger partial charge in [-0.25, -0.2) is 0 Å². The quantitative estimate of drug-likeness (QED) is 0.693. The Morgan fingerprint density at radius 3 is 2.11 bits per heavy atom. The van der Waals surface area contributed by atoms with E-state index in [1.165, 1.54) is 16.7 Å². The van der Waals surface area contributed by atoms with Crippen LogP contribution in [0.3, 0.4) is 0 Å². The summed E-state index contributed by atoms with van der Waals surface area (Å²) >= 11 is 0. The normalized spacial score (nSPS) is 22.8. The highest BCUT2D eigenvalue weighted by Crippen LogP contribution is 2.42. The highest BCUT2D eigenvalue weighted by Gasteiger charge is 2.25. The Hall–Kier alpha value is -1.82. The molecule has 2 aromatic rings. The van der Waals surface area contributed by atoms with E-state index < -0.39 is 0 Å². The van der Waals surface area contributed by atoms with Gasteiger partial charge in [0.2, 0.25) is 0 Å². The molecule has 0 heterocycles. The Labute approximate surface area is 109 Å². The van der Waals surface area contributed by atoms with Crippen molar-refractivity contribution in [2.75, 3.05) is 0 Å². The van der Waals surface area contributed by atoms with Crippen molar-refractivity contribution in [3.05, 3.63) is 77.9 Å². The molecule has 0 nitrogen and oxygen atoms in total. The van der Waals surface area contributed by atoms with Gasteiger partial charge in [-0.3, -0.25) is 0 Å². The first-order valence-corrected chi connectivity index (χ1v) is 6.65. The summed E-state index contributed by atoms with van der Waals surface area (Å²) in [6.45, 7) is 2.33. The van der Waals surface area contributed by atoms with Crippen molar-refractivity contribution in [1.82, 2.24) is 0 Å². The molecule has 0 heteroatoms. The van der Waals surface area contributed by atoms with Gasteiger partial charge in [-0.2, -0.15) is 0 Å². The smallest absolute Gasteiger partial charge is 0.00609 e. The Bertz CT molecular complexity index is 537. The van der Waals surface area contributed by atoms with Crippen LogP contribution in [-0.2, 0) is 0 Å². The molecule has 18 heavy (non-hydrogen) atoms. The maximum absolute atomic E-state index is 2.44. The van der Waals surface area contributed by atoms with E-state index in [1.54, 1.807) is 0 Å². The first kappa shape index (κ1) is 11.3. The van der Waals surface area contributed by atoms with Crippen molar-refractivity contribution in [1.29, 1.82) is 0 Å². The molecule has 90 valence electrons. The van der Waals surface area contributed by atoms with Gasteiger partial charge in [-0.15, -0.1) is 0 Å². The van der Waals surface area contributed by atoms with Crippen LogP contribution in [0.2, 0.25) is 0 Å². The highest BCUT2D eigenvalue weighted by atomic mass is 14.3. The lowest BCUT2D eigenvalue weighted by molar-refractivity contribution is 0.590. The van der Waals surface area contributed by atoms with Crippen LogP contribution in [0.1, 0.15) is 30.4 Å². The van der Waals surface area contributed by atoms with E-state index in [9.17, 15) is 0 Å². The second-order valence-electron chi connectivity index (χ2n) is 5.14. The van der Waals surface area contributed by atoms with E-state index >= 15 is 0 Å². The zero-order valence-electron chi connectivity index (χ0n) is 10.7. The monoisotopic (exact) mass is 234 g/mol. The predicted molar refractivity (Wildman–Crippen MR) is 77.4 cm³/mol. The van der Waals surface area contributed by atoms with E-state index in [4.69, 9.17) is 0 Å². The molecule has 1 aliphatic rings. The molecule has 0 aromatic heterocycles. The average Bonchev–Trinajstić information content (AvgIpc) is 2.83. The molecule has 2 aromatic carbocycles. The summed E-state index contributed by atoms with van der Waals surface area (Å²) in [7, 11) is 0. The summed E-state index contributed by atoms with van der Waals surface area (Å²) in [5.41, 5.74) is 4.34. The summed E-state index contributed by atoms with van der Waals surface area (Å²) in [4.78, 5) is 0. The van der Waals surface area contributed by atoms with Crippen molar-refractivity contribution < 1.29 is 0 Å². The lowest BCUT2D eigenvalue weighted by atomic mass is 9.89. The van der Waals surface area contributed by atoms with E-state index in [0.717, 1.165) is 6.42 Å². The molecule has 0 fully saturated rings. The number of allylic oxidation sites excluding steroid dienone is 2. The van der Waals surface area contributed by atoms with Gasteiger partial charge in [-0.1, -0.05) is 73.7 Å². The Balaban J connectivity index is 1.85. The zero-order chi connectivity index (χ0) is 12.4. The van der Waals surface area contributed by atoms with E-state index in [1.807, 2.05) is 0 Å². The molecular formula is C18H18. The fraction of sp³-hybridized carbons (Fsp3) is 0.222. The van der Waals surface area contributed by atoms with Crippen LogP contribution >= 0.6 is 0 Å². The number of benzene rings is 2. The van der Waals surface area contributed by atoms with Gasteiger partial charge in [0.15, 0.2) is 0 Å².